The van der Waals surface area contributed by atoms with E-state index in [4.69, 9.17) is 9.47 Å². The quantitative estimate of drug-likeness (QED) is 0.601. The van der Waals surface area contributed by atoms with Gasteiger partial charge in [-0.1, -0.05) is 37.5 Å². The Bertz CT molecular complexity index is 1010. The van der Waals surface area contributed by atoms with Gasteiger partial charge in [-0.25, -0.2) is 0 Å². The van der Waals surface area contributed by atoms with Crippen LogP contribution in [0.2, 0.25) is 0 Å². The molecule has 0 aromatic heterocycles. The van der Waals surface area contributed by atoms with E-state index in [9.17, 15) is 4.79 Å². The average Bonchev–Trinajstić information content (AvgIpc) is 2.93. The van der Waals surface area contributed by atoms with Crippen molar-refractivity contribution in [1.82, 2.24) is 4.90 Å². The van der Waals surface area contributed by atoms with Gasteiger partial charge < -0.3 is 19.3 Å². The molecule has 3 aliphatic rings. The molecule has 1 aliphatic carbocycles. The first kappa shape index (κ1) is 24.0. The summed E-state index contributed by atoms with van der Waals surface area (Å²) < 4.78 is 10.9. The minimum atomic E-state index is 0.194. The number of fused-ring (bicyclic) bond motifs is 1. The summed E-state index contributed by atoms with van der Waals surface area (Å²) in [5, 5.41) is 0. The maximum Gasteiger partial charge on any atom is 0.230 e. The predicted molar refractivity (Wildman–Crippen MR) is 141 cm³/mol. The molecule has 6 heteroatoms. The first-order valence-electron chi connectivity index (χ1n) is 13.3. The third-order valence-electron chi connectivity index (χ3n) is 8.13. The Kier molecular flexibility index (Phi) is 7.47. The van der Waals surface area contributed by atoms with Crippen LogP contribution in [0.3, 0.4) is 0 Å². The first-order valence-corrected chi connectivity index (χ1v) is 13.3. The fourth-order valence-electron chi connectivity index (χ4n) is 6.13. The number of para-hydroxylation sites is 1. The molecule has 2 fully saturated rings. The van der Waals surface area contributed by atoms with E-state index in [0.717, 1.165) is 75.6 Å². The number of piperazine rings is 1. The van der Waals surface area contributed by atoms with Crippen molar-refractivity contribution >= 4 is 17.3 Å². The maximum atomic E-state index is 13.8. The number of carbonyl (C=O) groups excluding carboxylic acids is 1. The van der Waals surface area contributed by atoms with Gasteiger partial charge in [-0.2, -0.15) is 0 Å². The lowest BCUT2D eigenvalue weighted by Crippen LogP contribution is -2.55. The van der Waals surface area contributed by atoms with Crippen LogP contribution in [-0.2, 0) is 11.2 Å². The summed E-state index contributed by atoms with van der Waals surface area (Å²) in [6, 6.07) is 15.0. The van der Waals surface area contributed by atoms with Crippen LogP contribution in [0.15, 0.2) is 42.5 Å². The number of anilines is 2. The molecule has 1 saturated heterocycles. The van der Waals surface area contributed by atoms with E-state index in [1.165, 1.54) is 30.5 Å². The van der Waals surface area contributed by atoms with E-state index >= 15 is 0 Å². The van der Waals surface area contributed by atoms with E-state index in [1.807, 2.05) is 6.07 Å². The molecule has 2 aromatic rings. The number of rotatable bonds is 6. The minimum absolute atomic E-state index is 0.194. The van der Waals surface area contributed by atoms with E-state index < -0.39 is 0 Å². The Morgan fingerprint density at radius 1 is 0.886 bits per heavy atom. The number of hydrogen-bond donors (Lipinski definition) is 0. The molecule has 1 amide bonds. The van der Waals surface area contributed by atoms with Crippen molar-refractivity contribution in [2.45, 2.75) is 51.0 Å². The van der Waals surface area contributed by atoms with Crippen LogP contribution in [0, 0.1) is 5.92 Å². The average molecular weight is 478 g/mol. The van der Waals surface area contributed by atoms with Crippen LogP contribution >= 0.6 is 0 Å². The van der Waals surface area contributed by atoms with Crippen molar-refractivity contribution in [3.8, 4) is 11.5 Å². The molecule has 6 nitrogen and oxygen atoms in total. The van der Waals surface area contributed by atoms with E-state index in [2.05, 4.69) is 51.1 Å². The van der Waals surface area contributed by atoms with Crippen LogP contribution < -0.4 is 19.3 Å². The van der Waals surface area contributed by atoms with Gasteiger partial charge in [-0.3, -0.25) is 9.69 Å². The van der Waals surface area contributed by atoms with E-state index in [-0.39, 0.29) is 12.0 Å². The number of benzene rings is 2. The molecule has 1 saturated carbocycles. The number of carbonyl (C=O) groups is 1. The molecular formula is C29H39N3O3. The second-order valence-electron chi connectivity index (χ2n) is 10.2. The Hall–Kier alpha value is -2.73. The molecule has 0 N–H and O–H groups in total. The molecule has 5 rings (SSSR count). The minimum Gasteiger partial charge on any atom is -0.493 e. The van der Waals surface area contributed by atoms with Crippen LogP contribution in [0.25, 0.3) is 0 Å². The number of amides is 1. The second-order valence-corrected chi connectivity index (χ2v) is 10.2. The lowest BCUT2D eigenvalue weighted by atomic mass is 9.86. The molecule has 1 unspecified atom stereocenters. The number of methoxy groups -OCH3 is 2. The largest absolute Gasteiger partial charge is 0.493 e. The number of aryl methyl sites for hydroxylation is 1. The summed E-state index contributed by atoms with van der Waals surface area (Å²) in [5.74, 6) is 2.09. The molecule has 2 aromatic carbocycles. The molecule has 2 aliphatic heterocycles. The Morgan fingerprint density at radius 2 is 1.63 bits per heavy atom. The molecule has 35 heavy (non-hydrogen) atoms. The van der Waals surface area contributed by atoms with E-state index in [0.29, 0.717) is 5.91 Å². The van der Waals surface area contributed by atoms with Gasteiger partial charge in [0.05, 0.1) is 14.2 Å². The Balaban J connectivity index is 1.26. The standard InChI is InChI=1S/C29H39N3O3/c1-34-27-15-14-24(20-28(27)35-2)31-18-16-30(17-19-31)21-25-13-12-22-8-6-7-11-26(22)32(25)29(33)23-9-4-3-5-10-23/h6-8,11,14-15,20,23,25H,3-5,9-10,12-13,16-19,21H2,1-2H3. The number of ether oxygens (including phenoxy) is 2. The lowest BCUT2D eigenvalue weighted by molar-refractivity contribution is -0.124. The third kappa shape index (κ3) is 5.13. The third-order valence-corrected chi connectivity index (χ3v) is 8.13. The smallest absolute Gasteiger partial charge is 0.230 e. The van der Waals surface area contributed by atoms with Crippen molar-refractivity contribution < 1.29 is 14.3 Å². The number of hydrogen-bond acceptors (Lipinski definition) is 5. The van der Waals surface area contributed by atoms with Gasteiger partial charge in [0.25, 0.3) is 0 Å². The summed E-state index contributed by atoms with van der Waals surface area (Å²) >= 11 is 0. The van der Waals surface area contributed by atoms with Crippen molar-refractivity contribution in [3.63, 3.8) is 0 Å². The Morgan fingerprint density at radius 3 is 2.37 bits per heavy atom. The fourth-order valence-corrected chi connectivity index (χ4v) is 6.13. The molecule has 0 bridgehead atoms. The SMILES string of the molecule is COc1ccc(N2CCN(CC3CCc4ccccc4N3C(=O)C3CCCCC3)CC2)cc1OC. The summed E-state index contributed by atoms with van der Waals surface area (Å²) in [7, 11) is 3.35. The van der Waals surface area contributed by atoms with E-state index in [1.54, 1.807) is 14.2 Å². The van der Waals surface area contributed by atoms with Gasteiger partial charge >= 0.3 is 0 Å². The van der Waals surface area contributed by atoms with Crippen molar-refractivity contribution in [1.29, 1.82) is 0 Å². The summed E-state index contributed by atoms with van der Waals surface area (Å²) in [5.41, 5.74) is 3.65. The summed E-state index contributed by atoms with van der Waals surface area (Å²) in [6.45, 7) is 4.88. The summed E-state index contributed by atoms with van der Waals surface area (Å²) in [6.07, 6.45) is 7.85. The second kappa shape index (κ2) is 10.9. The van der Waals surface area contributed by atoms with Gasteiger partial charge in [0.15, 0.2) is 11.5 Å². The normalized spacial score (nSPS) is 21.5. The van der Waals surface area contributed by atoms with Crippen molar-refractivity contribution in [2.75, 3.05) is 56.7 Å². The highest BCUT2D eigenvalue weighted by atomic mass is 16.5. The van der Waals surface area contributed by atoms with Gasteiger partial charge in [-0.05, 0) is 49.4 Å². The monoisotopic (exact) mass is 477 g/mol. The highest BCUT2D eigenvalue weighted by molar-refractivity contribution is 5.97. The van der Waals surface area contributed by atoms with Crippen LogP contribution in [-0.4, -0.2) is 63.8 Å². The molecule has 1 atom stereocenters. The highest BCUT2D eigenvalue weighted by Gasteiger charge is 2.36. The van der Waals surface area contributed by atoms with Gasteiger partial charge in [0.1, 0.15) is 0 Å². The zero-order chi connectivity index (χ0) is 24.2. The Labute approximate surface area is 209 Å². The first-order chi connectivity index (χ1) is 17.2. The maximum absolute atomic E-state index is 13.8. The molecule has 188 valence electrons. The van der Waals surface area contributed by atoms with Crippen LogP contribution in [0.5, 0.6) is 11.5 Å². The van der Waals surface area contributed by atoms with Crippen molar-refractivity contribution in [3.05, 3.63) is 48.0 Å². The van der Waals surface area contributed by atoms with Crippen molar-refractivity contribution in [2.24, 2.45) is 5.92 Å². The fraction of sp³-hybridized carbons (Fsp3) is 0.552. The predicted octanol–water partition coefficient (Wildman–Crippen LogP) is 4.75. The van der Waals surface area contributed by atoms with Crippen LogP contribution in [0.4, 0.5) is 11.4 Å². The highest BCUT2D eigenvalue weighted by Crippen LogP contribution is 2.36. The molecular weight excluding hydrogens is 438 g/mol. The molecule has 2 heterocycles. The zero-order valence-electron chi connectivity index (χ0n) is 21.2. The van der Waals surface area contributed by atoms with Gasteiger partial charge in [0, 0.05) is 62.1 Å². The van der Waals surface area contributed by atoms with Gasteiger partial charge in [0.2, 0.25) is 5.91 Å². The molecule has 0 spiro atoms. The lowest BCUT2D eigenvalue weighted by Gasteiger charge is -2.43. The number of nitrogens with zero attached hydrogens (tertiary/aromatic N) is 3. The zero-order valence-corrected chi connectivity index (χ0v) is 21.2. The van der Waals surface area contributed by atoms with Crippen LogP contribution in [0.1, 0.15) is 44.1 Å². The molecule has 0 radical (unpaired) electrons. The topological polar surface area (TPSA) is 45.2 Å². The summed E-state index contributed by atoms with van der Waals surface area (Å²) in [4.78, 5) is 21.0. The van der Waals surface area contributed by atoms with Gasteiger partial charge in [-0.15, -0.1) is 0 Å².